The van der Waals surface area contributed by atoms with Gasteiger partial charge in [-0.2, -0.15) is 31.8 Å². The Bertz CT molecular complexity index is 885. The summed E-state index contributed by atoms with van der Waals surface area (Å²) in [5, 5.41) is 12.6. The molecular formula is C15H13ClF3N3O3S. The van der Waals surface area contributed by atoms with Gasteiger partial charge in [-0.05, 0) is 25.1 Å². The number of rotatable bonds is 2. The Hall–Kier alpha value is -2.20. The van der Waals surface area contributed by atoms with E-state index >= 15 is 0 Å². The van der Waals surface area contributed by atoms with Gasteiger partial charge in [-0.3, -0.25) is 9.48 Å². The Morgan fingerprint density at radius 2 is 2.04 bits per heavy atom. The first-order chi connectivity index (χ1) is 11.6. The number of aromatic nitrogens is 2. The molecule has 1 amide bonds. The molecule has 1 aromatic carbocycles. The van der Waals surface area contributed by atoms with E-state index in [4.69, 9.17) is 11.6 Å². The fraction of sp³-hybridized carbons (Fsp3) is 0.267. The molecule has 1 aliphatic rings. The highest BCUT2D eigenvalue weighted by atomic mass is 35.5. The van der Waals surface area contributed by atoms with Crippen LogP contribution in [0, 0.1) is 0 Å². The summed E-state index contributed by atoms with van der Waals surface area (Å²) in [5.41, 5.74) is -1.24. The molecule has 0 saturated heterocycles. The minimum absolute atomic E-state index is 0. The minimum atomic E-state index is -4.61. The smallest absolute Gasteiger partial charge is 0.417 e. The number of anilines is 1. The molecule has 3 rings (SSSR count). The Morgan fingerprint density at radius 1 is 1.38 bits per heavy atom. The average Bonchev–Trinajstić information content (AvgIpc) is 2.95. The van der Waals surface area contributed by atoms with Gasteiger partial charge in [0, 0.05) is 12.2 Å². The van der Waals surface area contributed by atoms with Gasteiger partial charge in [-0.1, -0.05) is 11.6 Å². The highest BCUT2D eigenvalue weighted by Crippen LogP contribution is 2.37. The maximum absolute atomic E-state index is 12.8. The van der Waals surface area contributed by atoms with Gasteiger partial charge >= 0.3 is 12.1 Å². The average molecular weight is 408 g/mol. The normalized spacial score (nSPS) is 16.9. The first-order valence-corrected chi connectivity index (χ1v) is 7.48. The van der Waals surface area contributed by atoms with Gasteiger partial charge in [0.25, 0.3) is 5.91 Å². The van der Waals surface area contributed by atoms with E-state index in [1.165, 1.54) is 9.58 Å². The number of hydrogen-bond donors (Lipinski definition) is 1. The molecule has 0 spiro atoms. The lowest BCUT2D eigenvalue weighted by atomic mass is 10.1. The molecule has 1 aromatic heterocycles. The van der Waals surface area contributed by atoms with Gasteiger partial charge in [-0.25, -0.2) is 4.79 Å². The van der Waals surface area contributed by atoms with Gasteiger partial charge in [-0.15, -0.1) is 0 Å². The second kappa shape index (κ2) is 6.84. The largest absolute Gasteiger partial charge is 0.478 e. The lowest BCUT2D eigenvalue weighted by Gasteiger charge is -2.32. The van der Waals surface area contributed by atoms with Crippen molar-refractivity contribution in [2.24, 2.45) is 0 Å². The summed E-state index contributed by atoms with van der Waals surface area (Å²) in [4.78, 5) is 25.1. The Balaban J connectivity index is 0.00000243. The van der Waals surface area contributed by atoms with Gasteiger partial charge in [0.2, 0.25) is 0 Å². The van der Waals surface area contributed by atoms with Crippen LogP contribution in [0.5, 0.6) is 0 Å². The van der Waals surface area contributed by atoms with Crippen LogP contribution in [0.4, 0.5) is 18.9 Å². The van der Waals surface area contributed by atoms with Gasteiger partial charge in [0.05, 0.1) is 22.8 Å². The molecule has 1 N–H and O–H groups in total. The van der Waals surface area contributed by atoms with Crippen molar-refractivity contribution >= 4 is 42.7 Å². The van der Waals surface area contributed by atoms with Crippen LogP contribution in [0.15, 0.2) is 24.4 Å². The maximum atomic E-state index is 12.8. The third kappa shape index (κ3) is 3.26. The zero-order chi connectivity index (χ0) is 18.5. The van der Waals surface area contributed by atoms with Gasteiger partial charge < -0.3 is 10.0 Å². The summed E-state index contributed by atoms with van der Waals surface area (Å²) in [7, 11) is 0. The van der Waals surface area contributed by atoms with Crippen molar-refractivity contribution in [3.63, 3.8) is 0 Å². The Labute approximate surface area is 157 Å². The fourth-order valence-corrected chi connectivity index (χ4v) is 3.02. The van der Waals surface area contributed by atoms with Crippen LogP contribution in [-0.4, -0.2) is 33.3 Å². The lowest BCUT2D eigenvalue weighted by molar-refractivity contribution is -0.137. The molecule has 1 atom stereocenters. The molecule has 0 unspecified atom stereocenters. The van der Waals surface area contributed by atoms with Crippen molar-refractivity contribution in [1.29, 1.82) is 0 Å². The van der Waals surface area contributed by atoms with E-state index < -0.39 is 28.6 Å². The zero-order valence-corrected chi connectivity index (χ0v) is 15.0. The first kappa shape index (κ1) is 20.1. The minimum Gasteiger partial charge on any atom is -0.478 e. The van der Waals surface area contributed by atoms with E-state index in [1.807, 2.05) is 0 Å². The van der Waals surface area contributed by atoms with Crippen LogP contribution >= 0.6 is 25.1 Å². The Morgan fingerprint density at radius 3 is 2.58 bits per heavy atom. The van der Waals surface area contributed by atoms with E-state index in [9.17, 15) is 27.9 Å². The van der Waals surface area contributed by atoms with E-state index in [0.29, 0.717) is 0 Å². The molecule has 11 heteroatoms. The molecule has 0 fully saturated rings. The van der Waals surface area contributed by atoms with Crippen molar-refractivity contribution in [3.8, 4) is 0 Å². The summed E-state index contributed by atoms with van der Waals surface area (Å²) in [6.45, 7) is 1.83. The summed E-state index contributed by atoms with van der Waals surface area (Å²) >= 11 is 5.71. The number of carboxylic acids is 1. The summed E-state index contributed by atoms with van der Waals surface area (Å²) in [6, 6.07) is 2.61. The number of halogens is 4. The van der Waals surface area contributed by atoms with Crippen LogP contribution in [-0.2, 0) is 6.18 Å². The molecule has 1 aliphatic heterocycles. The molecule has 0 aliphatic carbocycles. The zero-order valence-electron chi connectivity index (χ0n) is 13.2. The van der Waals surface area contributed by atoms with E-state index in [-0.39, 0.29) is 43.0 Å². The van der Waals surface area contributed by atoms with Crippen LogP contribution in [0.1, 0.15) is 39.4 Å². The maximum Gasteiger partial charge on any atom is 0.417 e. The Kier molecular flexibility index (Phi) is 5.29. The van der Waals surface area contributed by atoms with Crippen LogP contribution in [0.3, 0.4) is 0 Å². The van der Waals surface area contributed by atoms with Crippen LogP contribution in [0.2, 0.25) is 5.02 Å². The van der Waals surface area contributed by atoms with E-state index in [2.05, 4.69) is 5.10 Å². The fourth-order valence-electron chi connectivity index (χ4n) is 2.74. The standard InChI is InChI=1S/C15H11ClF3N3O3.H2S/c1-7-6-21(8-2-3-10(11(16)4-8)15(17,18)19)13(23)12-9(14(24)25)5-20-22(7)12;/h2-5,7H,6H2,1H3,(H,24,25);1H2/t7-;/m0./s1. The predicted molar refractivity (Wildman–Crippen MR) is 92.4 cm³/mol. The first-order valence-electron chi connectivity index (χ1n) is 7.10. The monoisotopic (exact) mass is 407 g/mol. The summed E-state index contributed by atoms with van der Waals surface area (Å²) in [6.07, 6.45) is -3.53. The number of carboxylic acid groups (broad SMARTS) is 1. The number of carbonyl (C=O) groups is 2. The van der Waals surface area contributed by atoms with Crippen LogP contribution in [0.25, 0.3) is 0 Å². The number of benzene rings is 1. The third-order valence-corrected chi connectivity index (χ3v) is 4.22. The predicted octanol–water partition coefficient (Wildman–Crippen LogP) is 3.59. The summed E-state index contributed by atoms with van der Waals surface area (Å²) < 4.78 is 39.7. The van der Waals surface area contributed by atoms with Crippen molar-refractivity contribution in [3.05, 3.63) is 46.2 Å². The molecule has 2 heterocycles. The number of carbonyl (C=O) groups excluding carboxylic acids is 1. The molecular weight excluding hydrogens is 395 g/mol. The second-order valence-electron chi connectivity index (χ2n) is 5.58. The molecule has 26 heavy (non-hydrogen) atoms. The molecule has 6 nitrogen and oxygen atoms in total. The second-order valence-corrected chi connectivity index (χ2v) is 5.99. The van der Waals surface area contributed by atoms with Crippen LogP contribution < -0.4 is 4.90 Å². The quantitative estimate of drug-likeness (QED) is 0.825. The SMILES string of the molecule is C[C@H]1CN(c2ccc(C(F)(F)F)c(Cl)c2)C(=O)c2c(C(=O)O)cnn21.S. The molecule has 0 bridgehead atoms. The van der Waals surface area contributed by atoms with Crippen molar-refractivity contribution < 1.29 is 27.9 Å². The van der Waals surface area contributed by atoms with Crippen molar-refractivity contribution in [2.45, 2.75) is 19.1 Å². The number of fused-ring (bicyclic) bond motifs is 1. The summed E-state index contributed by atoms with van der Waals surface area (Å²) in [5.74, 6) is -1.97. The lowest BCUT2D eigenvalue weighted by Crippen LogP contribution is -2.43. The van der Waals surface area contributed by atoms with E-state index in [1.54, 1.807) is 6.92 Å². The topological polar surface area (TPSA) is 75.4 Å². The third-order valence-electron chi connectivity index (χ3n) is 3.91. The number of alkyl halides is 3. The number of amides is 1. The number of aromatic carboxylic acids is 1. The molecule has 0 saturated carbocycles. The van der Waals surface area contributed by atoms with Gasteiger partial charge in [0.1, 0.15) is 11.3 Å². The molecule has 0 radical (unpaired) electrons. The van der Waals surface area contributed by atoms with Crippen molar-refractivity contribution in [2.75, 3.05) is 11.4 Å². The van der Waals surface area contributed by atoms with Gasteiger partial charge in [0.15, 0.2) is 0 Å². The number of hydrogen-bond acceptors (Lipinski definition) is 3. The molecule has 140 valence electrons. The highest BCUT2D eigenvalue weighted by molar-refractivity contribution is 7.59. The highest BCUT2D eigenvalue weighted by Gasteiger charge is 2.37. The molecule has 2 aromatic rings. The number of nitrogens with zero attached hydrogens (tertiary/aromatic N) is 3. The van der Waals surface area contributed by atoms with E-state index in [0.717, 1.165) is 24.4 Å². The van der Waals surface area contributed by atoms with Crippen molar-refractivity contribution in [1.82, 2.24) is 9.78 Å².